The SMILES string of the molecule is [2H]c1c([2H])c([2H])c(-c2cccc(-c3c([2H])c([2H])c([2H])c([2H])c3[2H])c2-[n+]2[c-]n(B3C=CC=C(Oc4[c-]c5c(cc4)c4ccccc4n5-c4cc(C(C)(C)C)ccn4)[N-]3)c3ccccc32)c([2H])c1[2H].[Pt]. The molecule has 0 atom stereocenters. The number of para-hydroxylation sites is 4. The van der Waals surface area contributed by atoms with Gasteiger partial charge in [-0.2, -0.15) is 6.07 Å². The quantitative estimate of drug-likeness (QED) is 0.0908. The molecule has 0 radical (unpaired) electrons. The van der Waals surface area contributed by atoms with Gasteiger partial charge in [0.1, 0.15) is 5.82 Å². The fourth-order valence-electron chi connectivity index (χ4n) is 7.35. The van der Waals surface area contributed by atoms with Crippen LogP contribution >= 0.6 is 0 Å². The van der Waals surface area contributed by atoms with Crippen molar-refractivity contribution in [1.82, 2.24) is 14.0 Å². The van der Waals surface area contributed by atoms with Gasteiger partial charge < -0.3 is 23.6 Å². The number of fused-ring (bicyclic) bond motifs is 4. The zero-order valence-corrected chi connectivity index (χ0v) is 33.8. The van der Waals surface area contributed by atoms with Crippen LogP contribution in [-0.2, 0) is 26.5 Å². The van der Waals surface area contributed by atoms with Gasteiger partial charge >= 0.3 is 0 Å². The smallest absolute Gasteiger partial charge is 0.285 e. The Bertz CT molecular complexity index is 3480. The first kappa shape index (κ1) is 27.3. The average molecular weight is 941 g/mol. The van der Waals surface area contributed by atoms with Gasteiger partial charge in [0.05, 0.1) is 24.9 Å². The van der Waals surface area contributed by atoms with E-state index in [0.717, 1.165) is 33.2 Å². The predicted octanol–water partition coefficient (Wildman–Crippen LogP) is 11.4. The topological polar surface area (TPSA) is 50.0 Å². The molecule has 9 aromatic rings. The van der Waals surface area contributed by atoms with Crippen LogP contribution in [0.2, 0.25) is 0 Å². The first-order valence-corrected chi connectivity index (χ1v) is 18.5. The Labute approximate surface area is 367 Å². The molecular formula is C50H38BN5OPt-2. The van der Waals surface area contributed by atoms with Crippen LogP contribution in [0, 0.1) is 12.4 Å². The van der Waals surface area contributed by atoms with Crippen molar-refractivity contribution in [2.45, 2.75) is 26.2 Å². The molecule has 0 bridgehead atoms. The number of pyridine rings is 1. The minimum Gasteiger partial charge on any atom is -0.633 e. The van der Waals surface area contributed by atoms with Crippen LogP contribution < -0.4 is 9.30 Å². The van der Waals surface area contributed by atoms with Gasteiger partial charge in [-0.25, -0.2) is 4.98 Å². The molecule has 6 aromatic carbocycles. The van der Waals surface area contributed by atoms with Crippen molar-refractivity contribution < 1.29 is 44.1 Å². The third-order valence-electron chi connectivity index (χ3n) is 10.0. The van der Waals surface area contributed by atoms with Gasteiger partial charge in [-0.15, -0.1) is 17.5 Å². The molecule has 1 aliphatic heterocycles. The van der Waals surface area contributed by atoms with E-state index in [1.165, 1.54) is 0 Å². The molecule has 3 aromatic heterocycles. The van der Waals surface area contributed by atoms with Gasteiger partial charge in [-0.3, -0.25) is 0 Å². The summed E-state index contributed by atoms with van der Waals surface area (Å²) in [6.07, 6.45) is 8.78. The molecule has 0 aliphatic carbocycles. The number of imidazole rings is 1. The molecule has 4 heterocycles. The van der Waals surface area contributed by atoms with E-state index in [1.54, 1.807) is 39.4 Å². The van der Waals surface area contributed by atoms with E-state index in [9.17, 15) is 0 Å². The number of benzene rings is 6. The molecule has 284 valence electrons. The van der Waals surface area contributed by atoms with E-state index in [4.69, 9.17) is 28.7 Å². The van der Waals surface area contributed by atoms with Crippen LogP contribution in [0.1, 0.15) is 40.0 Å². The molecule has 10 rings (SSSR count). The van der Waals surface area contributed by atoms with E-state index in [1.807, 2.05) is 66.8 Å². The predicted molar refractivity (Wildman–Crippen MR) is 232 cm³/mol. The summed E-state index contributed by atoms with van der Waals surface area (Å²) >= 11 is 0. The van der Waals surface area contributed by atoms with Crippen molar-refractivity contribution in [1.29, 1.82) is 0 Å². The van der Waals surface area contributed by atoms with Crippen LogP contribution in [0.25, 0.3) is 71.8 Å². The Morgan fingerprint density at radius 1 is 0.776 bits per heavy atom. The number of nitrogens with zero attached hydrogens (tertiary/aromatic N) is 5. The molecule has 0 unspecified atom stereocenters. The van der Waals surface area contributed by atoms with E-state index in [2.05, 4.69) is 55.9 Å². The third kappa shape index (κ3) is 6.65. The second-order valence-electron chi connectivity index (χ2n) is 14.6. The van der Waals surface area contributed by atoms with Crippen LogP contribution in [0.5, 0.6) is 5.75 Å². The number of aromatic nitrogens is 4. The molecule has 0 saturated carbocycles. The monoisotopic (exact) mass is 940 g/mol. The molecule has 8 heteroatoms. The van der Waals surface area contributed by atoms with Crippen molar-refractivity contribution in [3.63, 3.8) is 0 Å². The van der Waals surface area contributed by atoms with E-state index >= 15 is 0 Å². The maximum atomic E-state index is 8.98. The Kier molecular flexibility index (Phi) is 7.12. The molecule has 6 nitrogen and oxygen atoms in total. The Balaban J connectivity index is 0.00000578. The summed E-state index contributed by atoms with van der Waals surface area (Å²) in [5.41, 5.74) is 4.12. The summed E-state index contributed by atoms with van der Waals surface area (Å²) in [6, 6.07) is 26.4. The Morgan fingerprint density at radius 2 is 1.47 bits per heavy atom. The molecule has 0 fully saturated rings. The standard InChI is InChI=1S/C50H38BN5O.Pt/c1-50(2,3)37-29-31-52-47(32-37)56-43-23-11-10-20-41(43)42-28-27-38(33-46(42)56)57-48-26-15-30-51(53-48)55-34-54(44-24-12-13-25-45(44)55)49-39(35-16-6-4-7-17-35)21-14-22-40(49)36-18-8-5-9-19-36;/h4-32H,1-3H3;/q-2;/i4D,5D,6D,7D,8D,9D,16D,17D,18D,19D;. The van der Waals surface area contributed by atoms with Gasteiger partial charge in [-0.05, 0) is 62.9 Å². The van der Waals surface area contributed by atoms with Gasteiger partial charge in [0.25, 0.3) is 6.98 Å². The van der Waals surface area contributed by atoms with Crippen LogP contribution in [-0.4, -0.2) is 21.0 Å². The van der Waals surface area contributed by atoms with Crippen molar-refractivity contribution in [3.8, 4) is 39.5 Å². The first-order chi connectivity index (χ1) is 32.0. The number of ether oxygens (including phenoxy) is 1. The Hall–Kier alpha value is -6.43. The summed E-state index contributed by atoms with van der Waals surface area (Å²) in [4.78, 5) is 4.79. The van der Waals surface area contributed by atoms with Crippen molar-refractivity contribution >= 4 is 39.8 Å². The van der Waals surface area contributed by atoms with E-state index in [0.29, 0.717) is 16.8 Å². The molecule has 0 amide bonds. The fourth-order valence-corrected chi connectivity index (χ4v) is 7.35. The van der Waals surface area contributed by atoms with E-state index in [-0.39, 0.29) is 60.3 Å². The zero-order chi connectivity index (χ0) is 47.2. The summed E-state index contributed by atoms with van der Waals surface area (Å²) in [7, 11) is 0. The molecule has 0 spiro atoms. The molecule has 58 heavy (non-hydrogen) atoms. The summed E-state index contributed by atoms with van der Waals surface area (Å²) in [5, 5.41) is 7.02. The zero-order valence-electron chi connectivity index (χ0n) is 41.5. The number of allylic oxidation sites excluding steroid dienone is 2. The van der Waals surface area contributed by atoms with Crippen LogP contribution in [0.4, 0.5) is 0 Å². The normalized spacial score (nSPS) is 15.2. The average Bonchev–Trinajstić information content (AvgIpc) is 3.87. The first-order valence-electron chi connectivity index (χ1n) is 23.5. The van der Waals surface area contributed by atoms with Gasteiger partial charge in [0.2, 0.25) is 6.33 Å². The number of hydrogen-bond donors (Lipinski definition) is 0. The summed E-state index contributed by atoms with van der Waals surface area (Å²) < 4.78 is 98.6. The van der Waals surface area contributed by atoms with Crippen LogP contribution in [0.15, 0.2) is 182 Å². The van der Waals surface area contributed by atoms with Gasteiger partial charge in [0, 0.05) is 49.9 Å². The summed E-state index contributed by atoms with van der Waals surface area (Å²) in [5.74, 6) is 3.29. The van der Waals surface area contributed by atoms with Crippen molar-refractivity contribution in [3.05, 3.63) is 205 Å². The Morgan fingerprint density at radius 3 is 2.19 bits per heavy atom. The maximum Gasteiger partial charge on any atom is 0.285 e. The van der Waals surface area contributed by atoms with E-state index < -0.39 is 67.4 Å². The number of rotatable bonds is 7. The molecule has 0 saturated heterocycles. The van der Waals surface area contributed by atoms with Crippen LogP contribution in [0.3, 0.4) is 0 Å². The second-order valence-corrected chi connectivity index (χ2v) is 14.6. The molecule has 0 N–H and O–H groups in total. The minimum atomic E-state index is -0.747. The summed E-state index contributed by atoms with van der Waals surface area (Å²) in [6.45, 7) is 5.75. The molecule has 1 aliphatic rings. The number of hydrogen-bond acceptors (Lipinski definition) is 2. The fraction of sp³-hybridized carbons (Fsp3) is 0.0800. The third-order valence-corrected chi connectivity index (χ3v) is 10.0. The van der Waals surface area contributed by atoms with Crippen molar-refractivity contribution in [2.75, 3.05) is 0 Å². The van der Waals surface area contributed by atoms with Gasteiger partial charge in [-0.1, -0.05) is 159 Å². The minimum absolute atomic E-state index is 0. The molecular weight excluding hydrogens is 892 g/mol. The largest absolute Gasteiger partial charge is 0.633 e. The van der Waals surface area contributed by atoms with Crippen molar-refractivity contribution in [2.24, 2.45) is 0 Å². The van der Waals surface area contributed by atoms with Gasteiger partial charge in [0.15, 0.2) is 0 Å². The second kappa shape index (κ2) is 15.2. The maximum absolute atomic E-state index is 8.98.